The van der Waals surface area contributed by atoms with Crippen molar-refractivity contribution in [3.8, 4) is 22.7 Å². The predicted molar refractivity (Wildman–Crippen MR) is 167 cm³/mol. The summed E-state index contributed by atoms with van der Waals surface area (Å²) in [5, 5.41) is 5.53. The van der Waals surface area contributed by atoms with E-state index in [1.807, 2.05) is 85.1 Å². The standard InChI is InChI=1S/C30H24ClN3O4S3/c31-23-10-6-20(7-11-23)18-38-26-12-8-21(9-13-26)28-22(17-33(32-28)24-4-2-1-3-5-24)16-27-29(35)34(30(39)40-27)25-14-15-41(36,37)19-25/h1-13,16-17,25H,14-15,18-19H2/b27-16+. The van der Waals surface area contributed by atoms with Crippen molar-refractivity contribution in [2.75, 3.05) is 11.5 Å². The van der Waals surface area contributed by atoms with E-state index in [0.717, 1.165) is 22.4 Å². The number of hydrogen-bond donors (Lipinski definition) is 0. The van der Waals surface area contributed by atoms with Crippen LogP contribution in [-0.4, -0.2) is 50.9 Å². The minimum Gasteiger partial charge on any atom is -0.489 e. The van der Waals surface area contributed by atoms with Gasteiger partial charge >= 0.3 is 0 Å². The highest BCUT2D eigenvalue weighted by molar-refractivity contribution is 8.26. The van der Waals surface area contributed by atoms with E-state index in [2.05, 4.69) is 0 Å². The van der Waals surface area contributed by atoms with Gasteiger partial charge < -0.3 is 4.74 Å². The monoisotopic (exact) mass is 621 g/mol. The molecule has 11 heteroatoms. The van der Waals surface area contributed by atoms with Crippen LogP contribution in [0.2, 0.25) is 5.02 Å². The van der Waals surface area contributed by atoms with E-state index >= 15 is 0 Å². The first kappa shape index (κ1) is 27.7. The molecule has 1 aromatic heterocycles. The van der Waals surface area contributed by atoms with E-state index in [9.17, 15) is 13.2 Å². The smallest absolute Gasteiger partial charge is 0.266 e. The number of ether oxygens (including phenoxy) is 1. The Kier molecular flexibility index (Phi) is 7.74. The molecule has 0 saturated carbocycles. The highest BCUT2D eigenvalue weighted by Crippen LogP contribution is 2.38. The summed E-state index contributed by atoms with van der Waals surface area (Å²) >= 11 is 12.7. The minimum atomic E-state index is -3.16. The van der Waals surface area contributed by atoms with Gasteiger partial charge in [0.15, 0.2) is 9.84 Å². The molecule has 41 heavy (non-hydrogen) atoms. The lowest BCUT2D eigenvalue weighted by Crippen LogP contribution is -2.39. The minimum absolute atomic E-state index is 0.0592. The summed E-state index contributed by atoms with van der Waals surface area (Å²) in [6.07, 6.45) is 4.06. The molecule has 2 saturated heterocycles. The maximum absolute atomic E-state index is 13.4. The first-order valence-electron chi connectivity index (χ1n) is 12.9. The van der Waals surface area contributed by atoms with Crippen LogP contribution in [-0.2, 0) is 21.2 Å². The van der Waals surface area contributed by atoms with Gasteiger partial charge in [0.05, 0.1) is 33.8 Å². The molecule has 0 N–H and O–H groups in total. The van der Waals surface area contributed by atoms with E-state index in [0.29, 0.717) is 38.7 Å². The fraction of sp³-hybridized carbons (Fsp3) is 0.167. The van der Waals surface area contributed by atoms with Crippen LogP contribution in [0.5, 0.6) is 5.75 Å². The van der Waals surface area contributed by atoms with Crippen LogP contribution >= 0.6 is 35.6 Å². The van der Waals surface area contributed by atoms with Gasteiger partial charge in [-0.05, 0) is 66.6 Å². The van der Waals surface area contributed by atoms with E-state index < -0.39 is 15.9 Å². The lowest BCUT2D eigenvalue weighted by Gasteiger charge is -2.20. The lowest BCUT2D eigenvalue weighted by atomic mass is 10.1. The molecular weight excluding hydrogens is 598 g/mol. The summed E-state index contributed by atoms with van der Waals surface area (Å²) in [6, 6.07) is 24.4. The third kappa shape index (κ3) is 6.11. The van der Waals surface area contributed by atoms with Gasteiger partial charge in [0.1, 0.15) is 16.7 Å². The Hall–Kier alpha value is -3.44. The molecule has 6 rings (SSSR count). The van der Waals surface area contributed by atoms with E-state index in [1.54, 1.807) is 10.8 Å². The normalized spacial score (nSPS) is 19.3. The Balaban J connectivity index is 1.29. The van der Waals surface area contributed by atoms with Crippen LogP contribution < -0.4 is 4.74 Å². The summed E-state index contributed by atoms with van der Waals surface area (Å²) < 4.78 is 32.2. The third-order valence-electron chi connectivity index (χ3n) is 6.89. The molecule has 4 aromatic rings. The molecule has 0 bridgehead atoms. The fourth-order valence-corrected chi connectivity index (χ4v) is 8.02. The van der Waals surface area contributed by atoms with Crippen molar-refractivity contribution in [2.45, 2.75) is 19.1 Å². The van der Waals surface area contributed by atoms with Crippen LogP contribution in [0, 0.1) is 0 Å². The number of carbonyl (C=O) groups excluding carboxylic acids is 1. The molecule has 2 fully saturated rings. The highest BCUT2D eigenvalue weighted by atomic mass is 35.5. The molecule has 3 heterocycles. The number of sulfone groups is 1. The van der Waals surface area contributed by atoms with Gasteiger partial charge in [0.25, 0.3) is 5.91 Å². The maximum Gasteiger partial charge on any atom is 0.266 e. The Morgan fingerprint density at radius 1 is 1.05 bits per heavy atom. The van der Waals surface area contributed by atoms with Crippen molar-refractivity contribution in [3.63, 3.8) is 0 Å². The quantitative estimate of drug-likeness (QED) is 0.181. The Morgan fingerprint density at radius 3 is 2.46 bits per heavy atom. The molecule has 7 nitrogen and oxygen atoms in total. The molecule has 1 atom stereocenters. The fourth-order valence-electron chi connectivity index (χ4n) is 4.80. The van der Waals surface area contributed by atoms with Crippen molar-refractivity contribution in [1.29, 1.82) is 0 Å². The van der Waals surface area contributed by atoms with Gasteiger partial charge in [-0.15, -0.1) is 0 Å². The number of carbonyl (C=O) groups is 1. The van der Waals surface area contributed by atoms with Gasteiger partial charge in [-0.2, -0.15) is 5.10 Å². The van der Waals surface area contributed by atoms with Crippen molar-refractivity contribution < 1.29 is 17.9 Å². The Labute approximate surface area is 252 Å². The van der Waals surface area contributed by atoms with Gasteiger partial charge in [-0.3, -0.25) is 9.69 Å². The van der Waals surface area contributed by atoms with Crippen molar-refractivity contribution >= 4 is 61.7 Å². The number of benzene rings is 3. The number of thiocarbonyl (C=S) groups is 1. The summed E-state index contributed by atoms with van der Waals surface area (Å²) in [4.78, 5) is 15.3. The second-order valence-corrected chi connectivity index (χ2v) is 14.1. The summed E-state index contributed by atoms with van der Waals surface area (Å²) in [5.74, 6) is 0.448. The van der Waals surface area contributed by atoms with Crippen LogP contribution in [0.4, 0.5) is 0 Å². The van der Waals surface area contributed by atoms with Gasteiger partial charge in [-0.25, -0.2) is 13.1 Å². The number of halogens is 1. The number of para-hydroxylation sites is 1. The molecule has 0 aliphatic carbocycles. The highest BCUT2D eigenvalue weighted by Gasteiger charge is 2.42. The molecule has 0 spiro atoms. The zero-order valence-electron chi connectivity index (χ0n) is 21.6. The number of rotatable bonds is 7. The molecule has 3 aromatic carbocycles. The van der Waals surface area contributed by atoms with E-state index in [4.69, 9.17) is 33.7 Å². The Morgan fingerprint density at radius 2 is 1.78 bits per heavy atom. The molecule has 2 aliphatic heterocycles. The first-order chi connectivity index (χ1) is 19.8. The zero-order chi connectivity index (χ0) is 28.6. The second-order valence-electron chi connectivity index (χ2n) is 9.76. The largest absolute Gasteiger partial charge is 0.489 e. The van der Waals surface area contributed by atoms with Gasteiger partial charge in [0, 0.05) is 22.3 Å². The molecule has 1 amide bonds. The van der Waals surface area contributed by atoms with Gasteiger partial charge in [0.2, 0.25) is 0 Å². The van der Waals surface area contributed by atoms with E-state index in [1.165, 1.54) is 16.7 Å². The number of nitrogens with zero attached hydrogens (tertiary/aromatic N) is 3. The molecule has 208 valence electrons. The lowest BCUT2D eigenvalue weighted by molar-refractivity contribution is -0.123. The van der Waals surface area contributed by atoms with Crippen LogP contribution in [0.25, 0.3) is 23.0 Å². The topological polar surface area (TPSA) is 81.5 Å². The molecule has 0 radical (unpaired) electrons. The number of hydrogen-bond acceptors (Lipinski definition) is 7. The Bertz CT molecular complexity index is 1750. The summed E-state index contributed by atoms with van der Waals surface area (Å²) in [6.45, 7) is 0.411. The molecule has 1 unspecified atom stereocenters. The molecular formula is C30H24ClN3O4S3. The van der Waals surface area contributed by atoms with Crippen molar-refractivity contribution in [2.24, 2.45) is 0 Å². The zero-order valence-corrected chi connectivity index (χ0v) is 24.8. The van der Waals surface area contributed by atoms with Crippen LogP contribution in [0.3, 0.4) is 0 Å². The maximum atomic E-state index is 13.4. The third-order valence-corrected chi connectivity index (χ3v) is 10.2. The summed E-state index contributed by atoms with van der Waals surface area (Å²) in [7, 11) is -3.16. The second kappa shape index (κ2) is 11.4. The van der Waals surface area contributed by atoms with Crippen molar-refractivity contribution in [3.05, 3.63) is 106 Å². The number of thioether (sulfide) groups is 1. The average Bonchev–Trinajstić information content (AvgIpc) is 3.63. The van der Waals surface area contributed by atoms with Crippen LogP contribution in [0.15, 0.2) is 90.0 Å². The number of aromatic nitrogens is 2. The predicted octanol–water partition coefficient (Wildman–Crippen LogP) is 6.16. The number of amides is 1. The molecule has 2 aliphatic rings. The van der Waals surface area contributed by atoms with E-state index in [-0.39, 0.29) is 17.4 Å². The SMILES string of the molecule is O=C1/C(=C\c2cn(-c3ccccc3)nc2-c2ccc(OCc3ccc(Cl)cc3)cc2)SC(=S)N1C1CCS(=O)(=O)C1. The average molecular weight is 622 g/mol. The summed E-state index contributed by atoms with van der Waals surface area (Å²) in [5.41, 5.74) is 4.16. The first-order valence-corrected chi connectivity index (χ1v) is 16.3. The van der Waals surface area contributed by atoms with Gasteiger partial charge in [-0.1, -0.05) is 65.9 Å². The van der Waals surface area contributed by atoms with Crippen molar-refractivity contribution in [1.82, 2.24) is 14.7 Å². The van der Waals surface area contributed by atoms with Crippen LogP contribution in [0.1, 0.15) is 17.5 Å².